The smallest absolute Gasteiger partial charge is 0.119 e. The molecule has 0 spiro atoms. The minimum atomic E-state index is 0.486. The third-order valence-corrected chi connectivity index (χ3v) is 6.51. The lowest BCUT2D eigenvalue weighted by Gasteiger charge is -2.25. The lowest BCUT2D eigenvalue weighted by atomic mass is 9.81. The van der Waals surface area contributed by atoms with Crippen LogP contribution in [0.5, 0.6) is 5.75 Å². The Hall–Kier alpha value is -1.32. The van der Waals surface area contributed by atoms with E-state index >= 15 is 0 Å². The Morgan fingerprint density at radius 2 is 1.61 bits per heavy atom. The fraction of sp³-hybridized carbons (Fsp3) is 0.680. The zero-order valence-electron chi connectivity index (χ0n) is 17.7. The molecule has 2 aliphatic carbocycles. The molecule has 0 heterocycles. The topological polar surface area (TPSA) is 27.7 Å². The maximum atomic E-state index is 5.91. The van der Waals surface area contributed by atoms with E-state index in [1.165, 1.54) is 50.5 Å². The highest BCUT2D eigenvalue weighted by Gasteiger charge is 2.18. The molecule has 2 aliphatic rings. The number of rotatable bonds is 10. The summed E-state index contributed by atoms with van der Waals surface area (Å²) >= 11 is 0. The first-order chi connectivity index (χ1) is 13.7. The number of hydrogen-bond donors (Lipinski definition) is 0. The first-order valence-corrected chi connectivity index (χ1v) is 11.3. The molecule has 0 amide bonds. The van der Waals surface area contributed by atoms with Crippen molar-refractivity contribution in [3.63, 3.8) is 0 Å². The molecular formula is C25H38O3. The SMILES string of the molecule is C=C1CCC(COOCc2ccc(OCCCC3CCC(C)CC3)cc2)CC1. The van der Waals surface area contributed by atoms with Crippen molar-refractivity contribution in [1.82, 2.24) is 0 Å². The molecule has 0 N–H and O–H groups in total. The Bertz CT molecular complexity index is 562. The van der Waals surface area contributed by atoms with Gasteiger partial charge in [0.15, 0.2) is 0 Å². The number of benzene rings is 1. The van der Waals surface area contributed by atoms with Crippen LogP contribution in [0.25, 0.3) is 0 Å². The van der Waals surface area contributed by atoms with Gasteiger partial charge in [0.05, 0.1) is 13.2 Å². The zero-order valence-corrected chi connectivity index (χ0v) is 17.7. The molecule has 1 aromatic rings. The lowest BCUT2D eigenvalue weighted by Crippen LogP contribution is -2.14. The van der Waals surface area contributed by atoms with Gasteiger partial charge in [-0.25, -0.2) is 9.78 Å². The van der Waals surface area contributed by atoms with Crippen LogP contribution in [-0.2, 0) is 16.4 Å². The van der Waals surface area contributed by atoms with Gasteiger partial charge in [-0.3, -0.25) is 0 Å². The molecular weight excluding hydrogens is 348 g/mol. The molecule has 2 saturated carbocycles. The summed E-state index contributed by atoms with van der Waals surface area (Å²) in [4.78, 5) is 10.8. The van der Waals surface area contributed by atoms with Gasteiger partial charge in [-0.05, 0) is 74.0 Å². The normalized spacial score (nSPS) is 23.7. The van der Waals surface area contributed by atoms with Crippen LogP contribution in [0.15, 0.2) is 36.4 Å². The van der Waals surface area contributed by atoms with Crippen molar-refractivity contribution in [2.75, 3.05) is 13.2 Å². The fourth-order valence-corrected chi connectivity index (χ4v) is 4.37. The van der Waals surface area contributed by atoms with E-state index in [0.717, 1.165) is 49.0 Å². The summed E-state index contributed by atoms with van der Waals surface area (Å²) in [6.07, 6.45) is 12.7. The van der Waals surface area contributed by atoms with Crippen molar-refractivity contribution in [3.8, 4) is 5.75 Å². The Balaban J connectivity index is 1.24. The summed E-state index contributed by atoms with van der Waals surface area (Å²) < 4.78 is 5.91. The van der Waals surface area contributed by atoms with E-state index in [2.05, 4.69) is 25.6 Å². The highest BCUT2D eigenvalue weighted by Crippen LogP contribution is 2.31. The Kier molecular flexibility index (Phi) is 8.88. The van der Waals surface area contributed by atoms with Crippen molar-refractivity contribution in [2.24, 2.45) is 17.8 Å². The Morgan fingerprint density at radius 3 is 2.32 bits per heavy atom. The van der Waals surface area contributed by atoms with E-state index in [0.29, 0.717) is 19.1 Å². The molecule has 0 aromatic heterocycles. The maximum Gasteiger partial charge on any atom is 0.119 e. The van der Waals surface area contributed by atoms with Crippen LogP contribution in [0.4, 0.5) is 0 Å². The van der Waals surface area contributed by atoms with Crippen LogP contribution in [0.1, 0.15) is 76.7 Å². The molecule has 2 fully saturated rings. The summed E-state index contributed by atoms with van der Waals surface area (Å²) in [7, 11) is 0. The molecule has 3 rings (SSSR count). The quantitative estimate of drug-likeness (QED) is 0.190. The second-order valence-electron chi connectivity index (χ2n) is 9.00. The van der Waals surface area contributed by atoms with Crippen molar-refractivity contribution in [2.45, 2.75) is 77.7 Å². The van der Waals surface area contributed by atoms with E-state index < -0.39 is 0 Å². The molecule has 0 radical (unpaired) electrons. The van der Waals surface area contributed by atoms with Gasteiger partial charge < -0.3 is 4.74 Å². The van der Waals surface area contributed by atoms with Crippen LogP contribution in [0.3, 0.4) is 0 Å². The standard InChI is InChI=1S/C25H38O3/c1-20-5-9-22(10-6-20)4-3-17-26-25-15-13-24(14-16-25)19-28-27-18-23-11-7-21(2)8-12-23/h13-16,20,22-23H,2-12,17-19H2,1H3. The highest BCUT2D eigenvalue weighted by molar-refractivity contribution is 5.26. The summed E-state index contributed by atoms with van der Waals surface area (Å²) in [6.45, 7) is 8.43. The van der Waals surface area contributed by atoms with Gasteiger partial charge in [-0.15, -0.1) is 0 Å². The lowest BCUT2D eigenvalue weighted by molar-refractivity contribution is -0.311. The van der Waals surface area contributed by atoms with Crippen molar-refractivity contribution < 1.29 is 14.5 Å². The largest absolute Gasteiger partial charge is 0.494 e. The average molecular weight is 387 g/mol. The molecule has 0 bridgehead atoms. The van der Waals surface area contributed by atoms with Crippen LogP contribution in [0.2, 0.25) is 0 Å². The first-order valence-electron chi connectivity index (χ1n) is 11.3. The molecule has 28 heavy (non-hydrogen) atoms. The minimum absolute atomic E-state index is 0.486. The van der Waals surface area contributed by atoms with Crippen LogP contribution in [-0.4, -0.2) is 13.2 Å². The van der Waals surface area contributed by atoms with Crippen LogP contribution in [0, 0.1) is 17.8 Å². The van der Waals surface area contributed by atoms with E-state index in [9.17, 15) is 0 Å². The van der Waals surface area contributed by atoms with Crippen LogP contribution < -0.4 is 4.74 Å². The Labute approximate surface area is 171 Å². The summed E-state index contributed by atoms with van der Waals surface area (Å²) in [5, 5.41) is 0. The van der Waals surface area contributed by atoms with E-state index in [-0.39, 0.29) is 0 Å². The van der Waals surface area contributed by atoms with Crippen molar-refractivity contribution in [3.05, 3.63) is 42.0 Å². The second-order valence-corrected chi connectivity index (χ2v) is 9.00. The molecule has 3 nitrogen and oxygen atoms in total. The Morgan fingerprint density at radius 1 is 0.893 bits per heavy atom. The molecule has 156 valence electrons. The molecule has 0 unspecified atom stereocenters. The average Bonchev–Trinajstić information content (AvgIpc) is 2.72. The van der Waals surface area contributed by atoms with E-state index in [1.807, 2.05) is 12.1 Å². The second kappa shape index (κ2) is 11.6. The maximum absolute atomic E-state index is 5.91. The molecule has 0 aliphatic heterocycles. The predicted octanol–water partition coefficient (Wildman–Crippen LogP) is 6.87. The third kappa shape index (κ3) is 7.60. The van der Waals surface area contributed by atoms with E-state index in [4.69, 9.17) is 14.5 Å². The monoisotopic (exact) mass is 386 g/mol. The first kappa shape index (κ1) is 21.4. The van der Waals surface area contributed by atoms with E-state index in [1.54, 1.807) is 0 Å². The number of allylic oxidation sites excluding steroid dienone is 1. The molecule has 3 heteroatoms. The van der Waals surface area contributed by atoms with Gasteiger partial charge >= 0.3 is 0 Å². The predicted molar refractivity (Wildman–Crippen MR) is 114 cm³/mol. The fourth-order valence-electron chi connectivity index (χ4n) is 4.37. The summed E-state index contributed by atoms with van der Waals surface area (Å²) in [5.41, 5.74) is 2.49. The van der Waals surface area contributed by atoms with Gasteiger partial charge in [0, 0.05) is 0 Å². The van der Waals surface area contributed by atoms with Gasteiger partial charge in [0.1, 0.15) is 12.4 Å². The van der Waals surface area contributed by atoms with Crippen molar-refractivity contribution >= 4 is 0 Å². The summed E-state index contributed by atoms with van der Waals surface area (Å²) in [5.74, 6) is 3.42. The van der Waals surface area contributed by atoms with Gasteiger partial charge in [0.25, 0.3) is 0 Å². The molecule has 0 saturated heterocycles. The summed E-state index contributed by atoms with van der Waals surface area (Å²) in [6, 6.07) is 8.19. The zero-order chi connectivity index (χ0) is 19.6. The van der Waals surface area contributed by atoms with Crippen LogP contribution >= 0.6 is 0 Å². The van der Waals surface area contributed by atoms with Crippen molar-refractivity contribution in [1.29, 1.82) is 0 Å². The van der Waals surface area contributed by atoms with Gasteiger partial charge in [-0.2, -0.15) is 0 Å². The third-order valence-electron chi connectivity index (χ3n) is 6.51. The van der Waals surface area contributed by atoms with Gasteiger partial charge in [-0.1, -0.05) is 56.9 Å². The number of ether oxygens (including phenoxy) is 1. The minimum Gasteiger partial charge on any atom is -0.494 e. The number of hydrogen-bond acceptors (Lipinski definition) is 3. The molecule has 0 atom stereocenters. The highest BCUT2D eigenvalue weighted by atomic mass is 17.2. The molecule has 1 aromatic carbocycles. The van der Waals surface area contributed by atoms with Gasteiger partial charge in [0.2, 0.25) is 0 Å².